The molecular weight excluding hydrogens is 312 g/mol. The topological polar surface area (TPSA) is 49.3 Å². The first-order valence-electron chi connectivity index (χ1n) is 8.54. The average molecular weight is 332 g/mol. The van der Waals surface area contributed by atoms with E-state index in [0.29, 0.717) is 13.1 Å². The molecule has 5 heteroatoms. The van der Waals surface area contributed by atoms with Crippen molar-refractivity contribution in [2.45, 2.75) is 6.92 Å². The first-order chi connectivity index (χ1) is 12.2. The minimum Gasteiger partial charge on any atom is -0.353 e. The third kappa shape index (κ3) is 3.05. The van der Waals surface area contributed by atoms with E-state index in [9.17, 15) is 4.79 Å². The van der Waals surface area contributed by atoms with Crippen LogP contribution >= 0.6 is 0 Å². The molecule has 4 rings (SSSR count). The number of hydrogen-bond donors (Lipinski definition) is 0. The number of piperazine rings is 1. The average Bonchev–Trinajstić information content (AvgIpc) is 2.67. The molecule has 1 aliphatic heterocycles. The highest BCUT2D eigenvalue weighted by atomic mass is 16.2. The van der Waals surface area contributed by atoms with E-state index in [2.05, 4.69) is 14.9 Å². The van der Waals surface area contributed by atoms with Gasteiger partial charge in [0.15, 0.2) is 0 Å². The number of nitrogens with zero attached hydrogens (tertiary/aromatic N) is 4. The van der Waals surface area contributed by atoms with Gasteiger partial charge in [-0.1, -0.05) is 24.3 Å². The van der Waals surface area contributed by atoms with Crippen LogP contribution in [-0.2, 0) is 0 Å². The van der Waals surface area contributed by atoms with Gasteiger partial charge in [0.25, 0.3) is 5.91 Å². The normalized spacial score (nSPS) is 14.8. The summed E-state index contributed by atoms with van der Waals surface area (Å²) in [5.41, 5.74) is 2.49. The van der Waals surface area contributed by atoms with Crippen LogP contribution in [0.4, 0.5) is 5.82 Å². The molecule has 126 valence electrons. The second-order valence-electron chi connectivity index (χ2n) is 6.30. The highest BCUT2D eigenvalue weighted by Crippen LogP contribution is 2.21. The number of fused-ring (bicyclic) bond motifs is 1. The zero-order valence-electron chi connectivity index (χ0n) is 14.2. The molecule has 0 aliphatic carbocycles. The fraction of sp³-hybridized carbons (Fsp3) is 0.250. The number of pyridine rings is 2. The van der Waals surface area contributed by atoms with Crippen molar-refractivity contribution in [3.63, 3.8) is 0 Å². The lowest BCUT2D eigenvalue weighted by atomic mass is 10.1. The Morgan fingerprint density at radius 1 is 1.00 bits per heavy atom. The summed E-state index contributed by atoms with van der Waals surface area (Å²) < 4.78 is 0. The summed E-state index contributed by atoms with van der Waals surface area (Å²) in [7, 11) is 0. The van der Waals surface area contributed by atoms with Crippen molar-refractivity contribution in [2.75, 3.05) is 31.1 Å². The number of amides is 1. The summed E-state index contributed by atoms with van der Waals surface area (Å²) in [5.74, 6) is 1.06. The molecule has 0 spiro atoms. The van der Waals surface area contributed by atoms with Gasteiger partial charge in [-0.25, -0.2) is 4.98 Å². The van der Waals surface area contributed by atoms with E-state index < -0.39 is 0 Å². The molecule has 0 saturated carbocycles. The van der Waals surface area contributed by atoms with Gasteiger partial charge in [-0.2, -0.15) is 0 Å². The number of hydrogen-bond acceptors (Lipinski definition) is 4. The second-order valence-corrected chi connectivity index (χ2v) is 6.30. The molecule has 1 aliphatic rings. The van der Waals surface area contributed by atoms with E-state index in [-0.39, 0.29) is 5.91 Å². The lowest BCUT2D eigenvalue weighted by Crippen LogP contribution is -2.49. The van der Waals surface area contributed by atoms with Gasteiger partial charge in [0, 0.05) is 43.5 Å². The van der Waals surface area contributed by atoms with Gasteiger partial charge in [-0.15, -0.1) is 0 Å². The second kappa shape index (κ2) is 6.51. The molecule has 0 atom stereocenters. The van der Waals surface area contributed by atoms with Gasteiger partial charge in [0.05, 0.1) is 11.1 Å². The molecule has 25 heavy (non-hydrogen) atoms. The van der Waals surface area contributed by atoms with Gasteiger partial charge < -0.3 is 9.80 Å². The summed E-state index contributed by atoms with van der Waals surface area (Å²) in [5, 5.41) is 0.922. The number of anilines is 1. The zero-order valence-corrected chi connectivity index (χ0v) is 14.2. The first kappa shape index (κ1) is 15.6. The van der Waals surface area contributed by atoms with Crippen LogP contribution in [-0.4, -0.2) is 47.0 Å². The molecule has 1 aromatic carbocycles. The highest BCUT2D eigenvalue weighted by molar-refractivity contribution is 6.06. The monoisotopic (exact) mass is 332 g/mol. The Labute approximate surface area is 146 Å². The van der Waals surface area contributed by atoms with Crippen LogP contribution in [0.5, 0.6) is 0 Å². The van der Waals surface area contributed by atoms with Crippen LogP contribution in [0.2, 0.25) is 0 Å². The molecule has 0 radical (unpaired) electrons. The number of carbonyl (C=O) groups excluding carboxylic acids is 1. The predicted octanol–water partition coefficient (Wildman–Crippen LogP) is 2.90. The van der Waals surface area contributed by atoms with Gasteiger partial charge >= 0.3 is 0 Å². The maximum Gasteiger partial charge on any atom is 0.254 e. The maximum atomic E-state index is 13.1. The van der Waals surface area contributed by atoms with Crippen LogP contribution in [0.25, 0.3) is 10.9 Å². The van der Waals surface area contributed by atoms with Crippen molar-refractivity contribution in [2.24, 2.45) is 0 Å². The van der Waals surface area contributed by atoms with E-state index >= 15 is 0 Å². The Kier molecular flexibility index (Phi) is 4.06. The SMILES string of the molecule is Cc1cc(C(=O)N2CCN(c3ccccn3)CC2)c2ccccc2n1. The first-order valence-corrected chi connectivity index (χ1v) is 8.54. The van der Waals surface area contributed by atoms with Crippen LogP contribution in [0.1, 0.15) is 16.1 Å². The Morgan fingerprint density at radius 3 is 2.52 bits per heavy atom. The molecule has 3 aromatic rings. The zero-order chi connectivity index (χ0) is 17.2. The van der Waals surface area contributed by atoms with Gasteiger partial charge in [-0.05, 0) is 31.2 Å². The molecule has 2 aromatic heterocycles. The largest absolute Gasteiger partial charge is 0.353 e. The van der Waals surface area contributed by atoms with E-state index in [1.165, 1.54) is 0 Å². The number of rotatable bonds is 2. The van der Waals surface area contributed by atoms with Crippen LogP contribution < -0.4 is 4.90 Å². The van der Waals surface area contributed by atoms with Crippen molar-refractivity contribution in [3.05, 3.63) is 66.0 Å². The van der Waals surface area contributed by atoms with Crippen LogP contribution in [0.3, 0.4) is 0 Å². The number of aromatic nitrogens is 2. The van der Waals surface area contributed by atoms with Gasteiger partial charge in [-0.3, -0.25) is 9.78 Å². The fourth-order valence-electron chi connectivity index (χ4n) is 3.33. The molecular formula is C20H20N4O. The Bertz CT molecular complexity index is 902. The van der Waals surface area contributed by atoms with Gasteiger partial charge in [0.1, 0.15) is 5.82 Å². The molecule has 1 amide bonds. The Balaban J connectivity index is 1.55. The van der Waals surface area contributed by atoms with Gasteiger partial charge in [0.2, 0.25) is 0 Å². The number of aryl methyl sites for hydroxylation is 1. The molecule has 1 saturated heterocycles. The minimum atomic E-state index is 0.0855. The summed E-state index contributed by atoms with van der Waals surface area (Å²) in [6, 6.07) is 15.7. The molecule has 0 N–H and O–H groups in total. The summed E-state index contributed by atoms with van der Waals surface area (Å²) >= 11 is 0. The van der Waals surface area contributed by atoms with Crippen molar-refractivity contribution in [1.29, 1.82) is 0 Å². The van der Waals surface area contributed by atoms with Crippen molar-refractivity contribution in [3.8, 4) is 0 Å². The summed E-state index contributed by atoms with van der Waals surface area (Å²) in [6.07, 6.45) is 1.80. The fourth-order valence-corrected chi connectivity index (χ4v) is 3.33. The number of para-hydroxylation sites is 1. The third-order valence-corrected chi connectivity index (χ3v) is 4.61. The Hall–Kier alpha value is -2.95. The maximum absolute atomic E-state index is 13.1. The smallest absolute Gasteiger partial charge is 0.254 e. The van der Waals surface area contributed by atoms with E-state index in [1.54, 1.807) is 6.20 Å². The van der Waals surface area contributed by atoms with Crippen molar-refractivity contribution >= 4 is 22.6 Å². The lowest BCUT2D eigenvalue weighted by molar-refractivity contribution is 0.0748. The highest BCUT2D eigenvalue weighted by Gasteiger charge is 2.24. The molecule has 3 heterocycles. The standard InChI is InChI=1S/C20H20N4O/c1-15-14-17(16-6-2-3-7-18(16)22-15)20(25)24-12-10-23(11-13-24)19-8-4-5-9-21-19/h2-9,14H,10-13H2,1H3. The lowest BCUT2D eigenvalue weighted by Gasteiger charge is -2.35. The van der Waals surface area contributed by atoms with Crippen LogP contribution in [0, 0.1) is 6.92 Å². The quantitative estimate of drug-likeness (QED) is 0.724. The Morgan fingerprint density at radius 2 is 1.76 bits per heavy atom. The third-order valence-electron chi connectivity index (χ3n) is 4.61. The predicted molar refractivity (Wildman–Crippen MR) is 98.8 cm³/mol. The molecule has 1 fully saturated rings. The van der Waals surface area contributed by atoms with Crippen LogP contribution in [0.15, 0.2) is 54.7 Å². The summed E-state index contributed by atoms with van der Waals surface area (Å²) in [4.78, 5) is 26.2. The molecule has 0 unspecified atom stereocenters. The minimum absolute atomic E-state index is 0.0855. The molecule has 0 bridgehead atoms. The van der Waals surface area contributed by atoms with Crippen molar-refractivity contribution in [1.82, 2.24) is 14.9 Å². The molecule has 5 nitrogen and oxygen atoms in total. The van der Waals surface area contributed by atoms with E-state index in [1.807, 2.05) is 60.4 Å². The van der Waals surface area contributed by atoms with E-state index in [0.717, 1.165) is 41.1 Å². The summed E-state index contributed by atoms with van der Waals surface area (Å²) in [6.45, 7) is 4.92. The van der Waals surface area contributed by atoms with Crippen molar-refractivity contribution < 1.29 is 4.79 Å². The number of carbonyl (C=O) groups is 1. The van der Waals surface area contributed by atoms with E-state index in [4.69, 9.17) is 0 Å². The number of benzene rings is 1.